The van der Waals surface area contributed by atoms with Gasteiger partial charge in [0.25, 0.3) is 0 Å². The smallest absolute Gasteiger partial charge is 0.368 e. The Bertz CT molecular complexity index is 491. The van der Waals surface area contributed by atoms with Gasteiger partial charge in [-0.15, -0.1) is 0 Å². The van der Waals surface area contributed by atoms with Crippen LogP contribution in [0.5, 0.6) is 0 Å². The number of anilines is 1. The van der Waals surface area contributed by atoms with Crippen LogP contribution in [0, 0.1) is 5.92 Å². The summed E-state index contributed by atoms with van der Waals surface area (Å²) in [7, 11) is 0. The molecule has 1 rings (SSSR count). The molecule has 4 nitrogen and oxygen atoms in total. The highest BCUT2D eigenvalue weighted by Crippen LogP contribution is 2.32. The molecule has 0 aliphatic rings. The number of rotatable bonds is 5. The van der Waals surface area contributed by atoms with Crippen LogP contribution >= 0.6 is 11.6 Å². The average molecular weight is 310 g/mol. The van der Waals surface area contributed by atoms with Gasteiger partial charge in [0.15, 0.2) is 0 Å². The van der Waals surface area contributed by atoms with E-state index in [1.54, 1.807) is 0 Å². The van der Waals surface area contributed by atoms with E-state index in [-0.39, 0.29) is 23.4 Å². The number of halogens is 4. The zero-order valence-corrected chi connectivity index (χ0v) is 11.8. The summed E-state index contributed by atoms with van der Waals surface area (Å²) in [6.07, 6.45) is -4.53. The summed E-state index contributed by atoms with van der Waals surface area (Å²) in [4.78, 5) is 16.2. The summed E-state index contributed by atoms with van der Waals surface area (Å²) in [6.45, 7) is 3.85. The average Bonchev–Trinajstić information content (AvgIpc) is 2.24. The van der Waals surface area contributed by atoms with E-state index in [0.717, 1.165) is 12.1 Å². The van der Waals surface area contributed by atoms with Crippen LogP contribution < -0.4 is 10.6 Å². The molecule has 1 aromatic heterocycles. The Morgan fingerprint density at radius 3 is 2.50 bits per heavy atom. The van der Waals surface area contributed by atoms with Gasteiger partial charge in [0.05, 0.1) is 12.1 Å². The van der Waals surface area contributed by atoms with E-state index >= 15 is 0 Å². The van der Waals surface area contributed by atoms with Crippen molar-refractivity contribution in [3.05, 3.63) is 22.8 Å². The van der Waals surface area contributed by atoms with Gasteiger partial charge in [0.2, 0.25) is 5.91 Å². The number of primary amides is 1. The molecule has 1 heterocycles. The Kier molecular flexibility index (Phi) is 5.21. The molecule has 112 valence electrons. The fourth-order valence-corrected chi connectivity index (χ4v) is 1.88. The normalized spacial score (nSPS) is 11.8. The lowest BCUT2D eigenvalue weighted by molar-refractivity contribution is -0.137. The number of aromatic nitrogens is 1. The van der Waals surface area contributed by atoms with Crippen molar-refractivity contribution >= 4 is 23.3 Å². The third-order valence-corrected chi connectivity index (χ3v) is 2.56. The fraction of sp³-hybridized carbons (Fsp3) is 0.500. The second-order valence-corrected chi connectivity index (χ2v) is 5.16. The highest BCUT2D eigenvalue weighted by Gasteiger charge is 2.32. The maximum Gasteiger partial charge on any atom is 0.416 e. The quantitative estimate of drug-likeness (QED) is 0.851. The zero-order chi connectivity index (χ0) is 15.5. The highest BCUT2D eigenvalue weighted by molar-refractivity contribution is 6.29. The first-order valence-corrected chi connectivity index (χ1v) is 6.25. The van der Waals surface area contributed by atoms with Crippen molar-refractivity contribution in [2.24, 2.45) is 11.7 Å². The number of nitrogens with two attached hydrogens (primary N) is 1. The number of nitrogens with zero attached hydrogens (tertiary/aromatic N) is 2. The zero-order valence-electron chi connectivity index (χ0n) is 11.0. The van der Waals surface area contributed by atoms with Gasteiger partial charge in [-0.2, -0.15) is 13.2 Å². The van der Waals surface area contributed by atoms with Crippen LogP contribution in [-0.2, 0) is 11.0 Å². The highest BCUT2D eigenvalue weighted by atomic mass is 35.5. The molecule has 8 heteroatoms. The number of hydrogen-bond acceptors (Lipinski definition) is 3. The second kappa shape index (κ2) is 6.30. The third kappa shape index (κ3) is 4.88. The fourth-order valence-electron chi connectivity index (χ4n) is 1.68. The van der Waals surface area contributed by atoms with Gasteiger partial charge in [0.1, 0.15) is 11.0 Å². The van der Waals surface area contributed by atoms with E-state index in [0.29, 0.717) is 6.54 Å². The van der Waals surface area contributed by atoms with Gasteiger partial charge in [0, 0.05) is 6.54 Å². The van der Waals surface area contributed by atoms with Gasteiger partial charge < -0.3 is 10.6 Å². The summed E-state index contributed by atoms with van der Waals surface area (Å²) >= 11 is 5.62. The summed E-state index contributed by atoms with van der Waals surface area (Å²) in [5.41, 5.74) is 4.19. The summed E-state index contributed by atoms with van der Waals surface area (Å²) in [5, 5.41) is -0.284. The summed E-state index contributed by atoms with van der Waals surface area (Å²) in [5.74, 6) is -0.553. The Balaban J connectivity index is 3.18. The second-order valence-electron chi connectivity index (χ2n) is 4.78. The van der Waals surface area contributed by atoms with Gasteiger partial charge in [-0.1, -0.05) is 25.4 Å². The summed E-state index contributed by atoms with van der Waals surface area (Å²) < 4.78 is 38.2. The van der Waals surface area contributed by atoms with Crippen LogP contribution in [0.15, 0.2) is 12.1 Å². The van der Waals surface area contributed by atoms with Crippen LogP contribution in [-0.4, -0.2) is 24.0 Å². The van der Waals surface area contributed by atoms with Crippen LogP contribution in [0.1, 0.15) is 19.4 Å². The minimum absolute atomic E-state index is 0.0164. The molecule has 0 saturated heterocycles. The maximum atomic E-state index is 12.7. The minimum atomic E-state index is -4.53. The van der Waals surface area contributed by atoms with Crippen molar-refractivity contribution in [2.75, 3.05) is 18.0 Å². The van der Waals surface area contributed by atoms with E-state index in [9.17, 15) is 18.0 Å². The molecular weight excluding hydrogens is 295 g/mol. The van der Waals surface area contributed by atoms with Crippen molar-refractivity contribution in [1.29, 1.82) is 0 Å². The number of carbonyl (C=O) groups excluding carboxylic acids is 1. The van der Waals surface area contributed by atoms with Gasteiger partial charge in [-0.25, -0.2) is 4.98 Å². The first-order valence-electron chi connectivity index (χ1n) is 5.87. The molecule has 0 radical (unpaired) electrons. The maximum absolute atomic E-state index is 12.7. The number of pyridine rings is 1. The molecule has 2 N–H and O–H groups in total. The molecule has 0 aliphatic heterocycles. The Morgan fingerprint density at radius 1 is 1.45 bits per heavy atom. The Labute approximate surface area is 119 Å². The standard InChI is InChI=1S/C12H15ClF3N3O/c1-7(2)5-19(6-10(17)20)11-4-8(12(14,15)16)3-9(13)18-11/h3-4,7H,5-6H2,1-2H3,(H2,17,20). The molecule has 1 aromatic rings. The topological polar surface area (TPSA) is 59.2 Å². The van der Waals surface area contributed by atoms with E-state index in [1.165, 1.54) is 4.90 Å². The Hall–Kier alpha value is -1.50. The molecule has 0 saturated carbocycles. The van der Waals surface area contributed by atoms with Crippen molar-refractivity contribution in [1.82, 2.24) is 4.98 Å². The molecule has 0 aliphatic carbocycles. The van der Waals surface area contributed by atoms with Gasteiger partial charge in [-0.05, 0) is 18.1 Å². The van der Waals surface area contributed by atoms with Crippen LogP contribution in [0.3, 0.4) is 0 Å². The van der Waals surface area contributed by atoms with Crippen molar-refractivity contribution in [3.8, 4) is 0 Å². The van der Waals surface area contributed by atoms with E-state index in [4.69, 9.17) is 17.3 Å². The third-order valence-electron chi connectivity index (χ3n) is 2.36. The van der Waals surface area contributed by atoms with E-state index in [2.05, 4.69) is 4.98 Å². The van der Waals surface area contributed by atoms with Crippen LogP contribution in [0.4, 0.5) is 19.0 Å². The summed E-state index contributed by atoms with van der Waals surface area (Å²) in [6, 6.07) is 1.60. The SMILES string of the molecule is CC(C)CN(CC(N)=O)c1cc(C(F)(F)F)cc(Cl)n1. The lowest BCUT2D eigenvalue weighted by Gasteiger charge is -2.25. The van der Waals surface area contributed by atoms with E-state index < -0.39 is 17.6 Å². The van der Waals surface area contributed by atoms with Gasteiger partial charge >= 0.3 is 6.18 Å². The molecule has 0 fully saturated rings. The predicted octanol–water partition coefficient (Wildman–Crippen LogP) is 2.70. The first kappa shape index (κ1) is 16.6. The van der Waals surface area contributed by atoms with Crippen LogP contribution in [0.2, 0.25) is 5.15 Å². The molecule has 0 atom stereocenters. The minimum Gasteiger partial charge on any atom is -0.368 e. The largest absolute Gasteiger partial charge is 0.416 e. The first-order chi connectivity index (χ1) is 9.09. The number of hydrogen-bond donors (Lipinski definition) is 1. The molecule has 0 bridgehead atoms. The van der Waals surface area contributed by atoms with Gasteiger partial charge in [-0.3, -0.25) is 4.79 Å². The monoisotopic (exact) mass is 309 g/mol. The molecule has 1 amide bonds. The molecular formula is C12H15ClF3N3O. The number of amides is 1. The molecule has 0 spiro atoms. The van der Waals surface area contributed by atoms with Crippen molar-refractivity contribution in [2.45, 2.75) is 20.0 Å². The molecule has 0 aromatic carbocycles. The van der Waals surface area contributed by atoms with E-state index in [1.807, 2.05) is 13.8 Å². The predicted molar refractivity (Wildman–Crippen MR) is 70.5 cm³/mol. The van der Waals surface area contributed by atoms with Crippen LogP contribution in [0.25, 0.3) is 0 Å². The lowest BCUT2D eigenvalue weighted by atomic mass is 10.2. The van der Waals surface area contributed by atoms with Crippen molar-refractivity contribution in [3.63, 3.8) is 0 Å². The molecule has 0 unspecified atom stereocenters. The Morgan fingerprint density at radius 2 is 2.05 bits per heavy atom. The number of alkyl halides is 3. The lowest BCUT2D eigenvalue weighted by Crippen LogP contribution is -2.37. The molecule has 20 heavy (non-hydrogen) atoms. The van der Waals surface area contributed by atoms with Crippen molar-refractivity contribution < 1.29 is 18.0 Å². The number of carbonyl (C=O) groups is 1.